The van der Waals surface area contributed by atoms with Crippen molar-refractivity contribution in [2.45, 2.75) is 19.5 Å². The van der Waals surface area contributed by atoms with Crippen LogP contribution in [-0.2, 0) is 16.1 Å². The quantitative estimate of drug-likeness (QED) is 0.407. The third kappa shape index (κ3) is 7.16. The Morgan fingerprint density at radius 3 is 2.46 bits per heavy atom. The molecule has 0 aliphatic carbocycles. The maximum absolute atomic E-state index is 12.1. The molecule has 0 heterocycles. The van der Waals surface area contributed by atoms with Crippen molar-refractivity contribution in [3.63, 3.8) is 0 Å². The Hall–Kier alpha value is -3.16. The fourth-order valence-corrected chi connectivity index (χ4v) is 2.05. The number of anilines is 1. The summed E-state index contributed by atoms with van der Waals surface area (Å²) < 4.78 is 28.3. The number of nitrogens with zero attached hydrogens (tertiary/aromatic N) is 1. The number of carbonyl (C=O) groups is 1. The molecule has 8 heteroatoms. The molecule has 0 aliphatic rings. The topological polar surface area (TPSA) is 85.9 Å². The van der Waals surface area contributed by atoms with Crippen LogP contribution in [-0.4, -0.2) is 25.0 Å². The SMILES string of the molecule is N/C(CCc1ccccc1)=N\OCC(=O)Nc1ccc(OC(F)F)cc1. The van der Waals surface area contributed by atoms with Gasteiger partial charge in [-0.3, -0.25) is 4.79 Å². The predicted molar refractivity (Wildman–Crippen MR) is 94.0 cm³/mol. The number of amidine groups is 1. The second-order valence-electron chi connectivity index (χ2n) is 5.29. The van der Waals surface area contributed by atoms with Crippen molar-refractivity contribution < 1.29 is 23.1 Å². The van der Waals surface area contributed by atoms with Crippen molar-refractivity contribution in [3.8, 4) is 5.75 Å². The standard InChI is InChI=1S/C18H19F2N3O3/c19-18(20)26-15-9-7-14(8-10-15)22-17(24)12-25-23-16(21)11-6-13-4-2-1-3-5-13/h1-5,7-10,18H,6,11-12H2,(H2,21,23)(H,22,24). The first-order chi connectivity index (χ1) is 12.5. The molecule has 6 nitrogen and oxygen atoms in total. The lowest BCUT2D eigenvalue weighted by Gasteiger charge is -2.07. The third-order valence-electron chi connectivity index (χ3n) is 3.25. The maximum atomic E-state index is 12.1. The molecule has 0 spiro atoms. The molecule has 1 amide bonds. The van der Waals surface area contributed by atoms with Gasteiger partial charge in [0, 0.05) is 12.1 Å². The molecule has 2 aromatic carbocycles. The summed E-state index contributed by atoms with van der Waals surface area (Å²) in [5.74, 6) is -0.160. The second kappa shape index (κ2) is 9.97. The fraction of sp³-hybridized carbons (Fsp3) is 0.222. The van der Waals surface area contributed by atoms with Crippen LogP contribution in [0.5, 0.6) is 5.75 Å². The van der Waals surface area contributed by atoms with Crippen LogP contribution in [0.25, 0.3) is 0 Å². The number of halogens is 2. The number of hydrogen-bond acceptors (Lipinski definition) is 4. The average molecular weight is 363 g/mol. The number of hydrogen-bond donors (Lipinski definition) is 2. The molecule has 3 N–H and O–H groups in total. The van der Waals surface area contributed by atoms with Gasteiger partial charge in [-0.2, -0.15) is 8.78 Å². The van der Waals surface area contributed by atoms with Gasteiger partial charge in [0.1, 0.15) is 11.6 Å². The van der Waals surface area contributed by atoms with E-state index < -0.39 is 12.5 Å². The van der Waals surface area contributed by atoms with E-state index in [0.717, 1.165) is 12.0 Å². The number of rotatable bonds is 9. The Bertz CT molecular complexity index is 722. The van der Waals surface area contributed by atoms with Crippen molar-refractivity contribution in [1.82, 2.24) is 0 Å². The minimum atomic E-state index is -2.89. The summed E-state index contributed by atoms with van der Waals surface area (Å²) in [6.45, 7) is -3.21. The first kappa shape index (κ1) is 19.2. The molecule has 2 rings (SSSR count). The summed E-state index contributed by atoms with van der Waals surface area (Å²) in [5, 5.41) is 6.23. The number of nitrogens with two attached hydrogens (primary N) is 1. The normalized spacial score (nSPS) is 11.3. The summed E-state index contributed by atoms with van der Waals surface area (Å²) in [6, 6.07) is 15.3. The molecule has 138 valence electrons. The molecule has 0 aliphatic heterocycles. The Kier molecular flexibility index (Phi) is 7.35. The Balaban J connectivity index is 1.70. The minimum absolute atomic E-state index is 0.00467. The van der Waals surface area contributed by atoms with Crippen molar-refractivity contribution in [2.75, 3.05) is 11.9 Å². The van der Waals surface area contributed by atoms with Crippen LogP contribution in [0.15, 0.2) is 59.8 Å². The lowest BCUT2D eigenvalue weighted by atomic mass is 10.1. The molecular weight excluding hydrogens is 344 g/mol. The molecule has 2 aromatic rings. The van der Waals surface area contributed by atoms with Crippen LogP contribution in [0, 0.1) is 0 Å². The van der Waals surface area contributed by atoms with Crippen LogP contribution < -0.4 is 15.8 Å². The minimum Gasteiger partial charge on any atom is -0.435 e. The lowest BCUT2D eigenvalue weighted by Crippen LogP contribution is -2.19. The zero-order chi connectivity index (χ0) is 18.8. The van der Waals surface area contributed by atoms with E-state index in [1.165, 1.54) is 24.3 Å². The van der Waals surface area contributed by atoms with Crippen LogP contribution in [0.2, 0.25) is 0 Å². The maximum Gasteiger partial charge on any atom is 0.387 e. The van der Waals surface area contributed by atoms with Gasteiger partial charge >= 0.3 is 6.61 Å². The smallest absolute Gasteiger partial charge is 0.387 e. The number of alkyl halides is 2. The van der Waals surface area contributed by atoms with E-state index >= 15 is 0 Å². The number of amides is 1. The van der Waals surface area contributed by atoms with E-state index in [0.29, 0.717) is 12.1 Å². The number of benzene rings is 2. The van der Waals surface area contributed by atoms with Crippen molar-refractivity contribution >= 4 is 17.4 Å². The second-order valence-corrected chi connectivity index (χ2v) is 5.29. The van der Waals surface area contributed by atoms with Crippen LogP contribution >= 0.6 is 0 Å². The van der Waals surface area contributed by atoms with Gasteiger partial charge in [-0.1, -0.05) is 35.5 Å². The van der Waals surface area contributed by atoms with Crippen molar-refractivity contribution in [1.29, 1.82) is 0 Å². The Morgan fingerprint density at radius 1 is 1.12 bits per heavy atom. The van der Waals surface area contributed by atoms with Crippen molar-refractivity contribution in [3.05, 3.63) is 60.2 Å². The number of ether oxygens (including phenoxy) is 1. The number of oxime groups is 1. The first-order valence-electron chi connectivity index (χ1n) is 7.86. The van der Waals surface area contributed by atoms with Gasteiger partial charge in [0.15, 0.2) is 6.61 Å². The lowest BCUT2D eigenvalue weighted by molar-refractivity contribution is -0.120. The van der Waals surface area contributed by atoms with Gasteiger partial charge in [-0.15, -0.1) is 0 Å². The van der Waals surface area contributed by atoms with E-state index in [-0.39, 0.29) is 18.2 Å². The zero-order valence-corrected chi connectivity index (χ0v) is 13.9. The molecule has 0 saturated carbocycles. The first-order valence-corrected chi connectivity index (χ1v) is 7.86. The monoisotopic (exact) mass is 363 g/mol. The van der Waals surface area contributed by atoms with Gasteiger partial charge in [-0.05, 0) is 36.2 Å². The Labute approximate surface area is 149 Å². The van der Waals surface area contributed by atoms with E-state index in [1.807, 2.05) is 30.3 Å². The molecule has 26 heavy (non-hydrogen) atoms. The van der Waals surface area contributed by atoms with Gasteiger partial charge in [0.25, 0.3) is 5.91 Å². The number of nitrogens with one attached hydrogen (secondary N) is 1. The molecule has 0 atom stereocenters. The van der Waals surface area contributed by atoms with Crippen molar-refractivity contribution in [2.24, 2.45) is 10.9 Å². The van der Waals surface area contributed by atoms with Gasteiger partial charge in [0.05, 0.1) is 0 Å². The highest BCUT2D eigenvalue weighted by atomic mass is 19.3. The molecule has 0 bridgehead atoms. The van der Waals surface area contributed by atoms with Crippen LogP contribution in [0.1, 0.15) is 12.0 Å². The highest BCUT2D eigenvalue weighted by molar-refractivity contribution is 5.91. The summed E-state index contributed by atoms with van der Waals surface area (Å²) in [4.78, 5) is 16.7. The predicted octanol–water partition coefficient (Wildman–Crippen LogP) is 3.15. The van der Waals surface area contributed by atoms with E-state index in [9.17, 15) is 13.6 Å². The molecule has 0 saturated heterocycles. The molecular formula is C18H19F2N3O3. The molecule has 0 radical (unpaired) electrons. The zero-order valence-electron chi connectivity index (χ0n) is 13.9. The van der Waals surface area contributed by atoms with Gasteiger partial charge in [0.2, 0.25) is 0 Å². The fourth-order valence-electron chi connectivity index (χ4n) is 2.05. The summed E-state index contributed by atoms with van der Waals surface area (Å²) in [6.07, 6.45) is 1.23. The summed E-state index contributed by atoms with van der Waals surface area (Å²) in [7, 11) is 0. The van der Waals surface area contributed by atoms with Gasteiger partial charge < -0.3 is 20.6 Å². The van der Waals surface area contributed by atoms with Crippen LogP contribution in [0.3, 0.4) is 0 Å². The van der Waals surface area contributed by atoms with Gasteiger partial charge in [-0.25, -0.2) is 0 Å². The van der Waals surface area contributed by atoms with Crippen LogP contribution in [0.4, 0.5) is 14.5 Å². The third-order valence-corrected chi connectivity index (χ3v) is 3.25. The average Bonchev–Trinajstić information content (AvgIpc) is 2.62. The molecule has 0 aromatic heterocycles. The van der Waals surface area contributed by atoms with E-state index in [4.69, 9.17) is 10.6 Å². The number of carbonyl (C=O) groups excluding carboxylic acids is 1. The largest absolute Gasteiger partial charge is 0.435 e. The van der Waals surface area contributed by atoms with E-state index in [2.05, 4.69) is 15.2 Å². The highest BCUT2D eigenvalue weighted by Gasteiger charge is 2.06. The number of aryl methyl sites for hydroxylation is 1. The Morgan fingerprint density at radius 2 is 1.81 bits per heavy atom. The summed E-state index contributed by atoms with van der Waals surface area (Å²) in [5.41, 5.74) is 7.28. The van der Waals surface area contributed by atoms with E-state index in [1.54, 1.807) is 0 Å². The molecule has 0 fully saturated rings. The molecule has 0 unspecified atom stereocenters. The highest BCUT2D eigenvalue weighted by Crippen LogP contribution is 2.17. The summed E-state index contributed by atoms with van der Waals surface area (Å²) >= 11 is 0.